The summed E-state index contributed by atoms with van der Waals surface area (Å²) in [5.74, 6) is 1.53. The van der Waals surface area contributed by atoms with E-state index in [9.17, 15) is 10.1 Å². The van der Waals surface area contributed by atoms with E-state index >= 15 is 0 Å². The Labute approximate surface area is 129 Å². The fraction of sp³-hybridized carbons (Fsp3) is 0.231. The van der Waals surface area contributed by atoms with Crippen LogP contribution < -0.4 is 4.74 Å². The highest BCUT2D eigenvalue weighted by atomic mass is 35.5. The second-order valence-electron chi connectivity index (χ2n) is 4.64. The molecule has 3 rings (SSSR count). The Bertz CT molecular complexity index is 720. The Morgan fingerprint density at radius 3 is 2.62 bits per heavy atom. The minimum atomic E-state index is -0.525. The van der Waals surface area contributed by atoms with Crippen molar-refractivity contribution in [1.29, 1.82) is 0 Å². The molecule has 0 atom stereocenters. The smallest absolute Gasteiger partial charge is 0.271 e. The lowest BCUT2D eigenvalue weighted by molar-refractivity contribution is -0.384. The van der Waals surface area contributed by atoms with Gasteiger partial charge in [-0.15, -0.1) is 0 Å². The minimum absolute atomic E-state index is 0.105. The lowest BCUT2D eigenvalue weighted by atomic mass is 10.3. The fourth-order valence-electron chi connectivity index (χ4n) is 1.79. The van der Waals surface area contributed by atoms with E-state index in [-0.39, 0.29) is 22.3 Å². The van der Waals surface area contributed by atoms with Gasteiger partial charge in [-0.25, -0.2) is 4.98 Å². The van der Waals surface area contributed by atoms with Gasteiger partial charge in [0, 0.05) is 24.1 Å². The van der Waals surface area contributed by atoms with Gasteiger partial charge in [0.05, 0.1) is 9.95 Å². The first kappa shape index (κ1) is 14.0. The van der Waals surface area contributed by atoms with E-state index < -0.39 is 4.92 Å². The van der Waals surface area contributed by atoms with E-state index in [1.807, 2.05) is 0 Å². The molecule has 8 heteroatoms. The maximum Gasteiger partial charge on any atom is 0.271 e. The normalized spacial score (nSPS) is 14.0. The molecule has 1 fully saturated rings. The summed E-state index contributed by atoms with van der Waals surface area (Å²) in [6.07, 6.45) is 2.08. The Hall–Kier alpha value is -1.92. The standard InChI is InChI=1S/C13H9Cl2N3O3/c14-9-5-8(18(19)20)3-4-10(9)21-12-6-11(15)16-13(17-12)7-1-2-7/h3-7H,1-2H2. The number of aromatic nitrogens is 2. The molecule has 0 N–H and O–H groups in total. The van der Waals surface area contributed by atoms with E-state index in [1.165, 1.54) is 24.3 Å². The van der Waals surface area contributed by atoms with Crippen molar-refractivity contribution in [1.82, 2.24) is 9.97 Å². The molecule has 0 bridgehead atoms. The third-order valence-electron chi connectivity index (χ3n) is 2.97. The van der Waals surface area contributed by atoms with Crippen LogP contribution in [0, 0.1) is 10.1 Å². The van der Waals surface area contributed by atoms with Crippen molar-refractivity contribution >= 4 is 28.9 Å². The maximum atomic E-state index is 10.7. The number of hydrogen-bond donors (Lipinski definition) is 0. The summed E-state index contributed by atoms with van der Waals surface area (Å²) in [6.45, 7) is 0. The van der Waals surface area contributed by atoms with Gasteiger partial charge in [-0.2, -0.15) is 4.98 Å². The van der Waals surface area contributed by atoms with Crippen LogP contribution in [0.2, 0.25) is 10.2 Å². The zero-order valence-electron chi connectivity index (χ0n) is 10.6. The molecule has 0 radical (unpaired) electrons. The van der Waals surface area contributed by atoms with Crippen molar-refractivity contribution in [3.8, 4) is 11.6 Å². The summed E-state index contributed by atoms with van der Waals surface area (Å²) < 4.78 is 5.55. The van der Waals surface area contributed by atoms with Gasteiger partial charge in [-0.05, 0) is 18.9 Å². The maximum absolute atomic E-state index is 10.7. The third kappa shape index (κ3) is 3.22. The number of nitro groups is 1. The molecule has 0 unspecified atom stereocenters. The number of nitro benzene ring substituents is 1. The summed E-state index contributed by atoms with van der Waals surface area (Å²) in [5.41, 5.74) is -0.105. The molecule has 0 amide bonds. The molecular weight excluding hydrogens is 317 g/mol. The van der Waals surface area contributed by atoms with Crippen LogP contribution in [0.1, 0.15) is 24.6 Å². The number of halogens is 2. The highest BCUT2D eigenvalue weighted by molar-refractivity contribution is 6.32. The van der Waals surface area contributed by atoms with Gasteiger partial charge < -0.3 is 4.74 Å². The average Bonchev–Trinajstić information content (AvgIpc) is 3.24. The van der Waals surface area contributed by atoms with Crippen molar-refractivity contribution in [2.45, 2.75) is 18.8 Å². The highest BCUT2D eigenvalue weighted by Gasteiger charge is 2.27. The summed E-state index contributed by atoms with van der Waals surface area (Å²) >= 11 is 11.9. The summed E-state index contributed by atoms with van der Waals surface area (Å²) in [6, 6.07) is 5.44. The molecule has 1 heterocycles. The largest absolute Gasteiger partial charge is 0.437 e. The zero-order chi connectivity index (χ0) is 15.0. The van der Waals surface area contributed by atoms with E-state index in [0.717, 1.165) is 12.8 Å². The fourth-order valence-corrected chi connectivity index (χ4v) is 2.18. The minimum Gasteiger partial charge on any atom is -0.437 e. The number of hydrogen-bond acceptors (Lipinski definition) is 5. The van der Waals surface area contributed by atoms with Gasteiger partial charge in [-0.1, -0.05) is 23.2 Å². The molecular formula is C13H9Cl2N3O3. The van der Waals surface area contributed by atoms with E-state index in [0.29, 0.717) is 16.9 Å². The first-order chi connectivity index (χ1) is 10.0. The lowest BCUT2D eigenvalue weighted by Gasteiger charge is -2.08. The molecule has 108 valence electrons. The van der Waals surface area contributed by atoms with Crippen LogP contribution in [0.3, 0.4) is 0 Å². The Kier molecular flexibility index (Phi) is 3.65. The molecule has 1 aliphatic carbocycles. The first-order valence-corrected chi connectivity index (χ1v) is 6.95. The predicted molar refractivity (Wildman–Crippen MR) is 77.2 cm³/mol. The average molecular weight is 326 g/mol. The van der Waals surface area contributed by atoms with Crippen molar-refractivity contribution < 1.29 is 9.66 Å². The number of nitrogens with zero attached hydrogens (tertiary/aromatic N) is 3. The molecule has 2 aromatic rings. The van der Waals surface area contributed by atoms with Gasteiger partial charge in [0.15, 0.2) is 0 Å². The third-order valence-corrected chi connectivity index (χ3v) is 3.46. The quantitative estimate of drug-likeness (QED) is 0.474. The van der Waals surface area contributed by atoms with Crippen LogP contribution in [0.5, 0.6) is 11.6 Å². The summed E-state index contributed by atoms with van der Waals surface area (Å²) in [7, 11) is 0. The van der Waals surface area contributed by atoms with E-state index in [2.05, 4.69) is 9.97 Å². The molecule has 1 aromatic heterocycles. The molecule has 0 spiro atoms. The molecule has 0 aliphatic heterocycles. The van der Waals surface area contributed by atoms with Crippen molar-refractivity contribution in [3.05, 3.63) is 50.4 Å². The molecule has 0 saturated heterocycles. The molecule has 6 nitrogen and oxygen atoms in total. The second-order valence-corrected chi connectivity index (χ2v) is 5.43. The lowest BCUT2D eigenvalue weighted by Crippen LogP contribution is -1.97. The Balaban J connectivity index is 1.88. The van der Waals surface area contributed by atoms with Gasteiger partial charge in [-0.3, -0.25) is 10.1 Å². The molecule has 21 heavy (non-hydrogen) atoms. The summed E-state index contributed by atoms with van der Waals surface area (Å²) in [5, 5.41) is 11.1. The number of benzene rings is 1. The Morgan fingerprint density at radius 1 is 1.24 bits per heavy atom. The van der Waals surface area contributed by atoms with E-state index in [4.69, 9.17) is 27.9 Å². The second kappa shape index (κ2) is 5.46. The van der Waals surface area contributed by atoms with Gasteiger partial charge in [0.1, 0.15) is 16.7 Å². The molecule has 1 aromatic carbocycles. The van der Waals surface area contributed by atoms with Gasteiger partial charge >= 0.3 is 0 Å². The van der Waals surface area contributed by atoms with Crippen LogP contribution >= 0.6 is 23.2 Å². The first-order valence-electron chi connectivity index (χ1n) is 6.19. The van der Waals surface area contributed by atoms with Crippen LogP contribution in [-0.4, -0.2) is 14.9 Å². The predicted octanol–water partition coefficient (Wildman–Crippen LogP) is 4.36. The van der Waals surface area contributed by atoms with Crippen LogP contribution in [-0.2, 0) is 0 Å². The SMILES string of the molecule is O=[N+]([O-])c1ccc(Oc2cc(Cl)nc(C3CC3)n2)c(Cl)c1. The van der Waals surface area contributed by atoms with Crippen molar-refractivity contribution in [3.63, 3.8) is 0 Å². The summed E-state index contributed by atoms with van der Waals surface area (Å²) in [4.78, 5) is 18.6. The number of ether oxygens (including phenoxy) is 1. The monoisotopic (exact) mass is 325 g/mol. The van der Waals surface area contributed by atoms with Gasteiger partial charge in [0.25, 0.3) is 5.69 Å². The zero-order valence-corrected chi connectivity index (χ0v) is 12.1. The van der Waals surface area contributed by atoms with E-state index in [1.54, 1.807) is 0 Å². The highest BCUT2D eigenvalue weighted by Crippen LogP contribution is 2.40. The topological polar surface area (TPSA) is 78.2 Å². The van der Waals surface area contributed by atoms with Crippen LogP contribution in [0.15, 0.2) is 24.3 Å². The van der Waals surface area contributed by atoms with Crippen molar-refractivity contribution in [2.24, 2.45) is 0 Å². The van der Waals surface area contributed by atoms with Crippen LogP contribution in [0.25, 0.3) is 0 Å². The molecule has 1 saturated carbocycles. The van der Waals surface area contributed by atoms with Gasteiger partial charge in [0.2, 0.25) is 5.88 Å². The number of non-ortho nitro benzene ring substituents is 1. The van der Waals surface area contributed by atoms with Crippen LogP contribution in [0.4, 0.5) is 5.69 Å². The molecule has 1 aliphatic rings. The number of rotatable bonds is 4. The Morgan fingerprint density at radius 2 is 2.00 bits per heavy atom. The van der Waals surface area contributed by atoms with Crippen molar-refractivity contribution in [2.75, 3.05) is 0 Å².